The molecule has 0 saturated carbocycles. The summed E-state index contributed by atoms with van der Waals surface area (Å²) in [6.45, 7) is 5.52. The van der Waals surface area contributed by atoms with E-state index in [1.54, 1.807) is 24.3 Å². The molecule has 6 heteroatoms. The molecule has 1 aliphatic rings. The lowest BCUT2D eigenvalue weighted by atomic mass is 9.86. The molecule has 0 unspecified atom stereocenters. The molecule has 1 N–H and O–H groups in total. The molecule has 1 aromatic rings. The molecule has 1 fully saturated rings. The molecule has 1 heterocycles. The molecule has 0 amide bonds. The largest absolute Gasteiger partial charge is 0.395 e. The van der Waals surface area contributed by atoms with Gasteiger partial charge in [-0.1, -0.05) is 26.0 Å². The van der Waals surface area contributed by atoms with Crippen molar-refractivity contribution >= 4 is 10.0 Å². The van der Waals surface area contributed by atoms with E-state index >= 15 is 0 Å². The predicted molar refractivity (Wildman–Crippen MR) is 76.1 cm³/mol. The van der Waals surface area contributed by atoms with Crippen LogP contribution in [0.1, 0.15) is 19.4 Å². The molecule has 1 aromatic carbocycles. The molecule has 0 bridgehead atoms. The van der Waals surface area contributed by atoms with Gasteiger partial charge in [0.2, 0.25) is 10.0 Å². The SMILES string of the molecule is CC(C)(CO)c1ccc(S(=O)(=O)N2CCOCC2)cc1. The molecule has 20 heavy (non-hydrogen) atoms. The van der Waals surface area contributed by atoms with Crippen LogP contribution in [0, 0.1) is 0 Å². The second-order valence-corrected chi connectivity index (χ2v) is 7.52. The zero-order valence-corrected chi connectivity index (χ0v) is 12.7. The van der Waals surface area contributed by atoms with E-state index in [9.17, 15) is 13.5 Å². The summed E-state index contributed by atoms with van der Waals surface area (Å²) in [7, 11) is -3.44. The Hall–Kier alpha value is -0.950. The Balaban J connectivity index is 2.25. The lowest BCUT2D eigenvalue weighted by molar-refractivity contribution is 0.0730. The number of aliphatic hydroxyl groups excluding tert-OH is 1. The third kappa shape index (κ3) is 3.03. The van der Waals surface area contributed by atoms with Crippen molar-refractivity contribution in [3.8, 4) is 0 Å². The van der Waals surface area contributed by atoms with Crippen LogP contribution in [0.15, 0.2) is 29.2 Å². The average Bonchev–Trinajstić information content (AvgIpc) is 2.48. The fourth-order valence-corrected chi connectivity index (χ4v) is 3.51. The summed E-state index contributed by atoms with van der Waals surface area (Å²) in [5, 5.41) is 9.34. The van der Waals surface area contributed by atoms with E-state index in [4.69, 9.17) is 4.74 Å². The first-order valence-corrected chi connectivity index (χ1v) is 8.11. The van der Waals surface area contributed by atoms with Gasteiger partial charge in [0.25, 0.3) is 0 Å². The van der Waals surface area contributed by atoms with Gasteiger partial charge in [-0.2, -0.15) is 4.31 Å². The van der Waals surface area contributed by atoms with Crippen LogP contribution in [0.5, 0.6) is 0 Å². The van der Waals surface area contributed by atoms with E-state index < -0.39 is 10.0 Å². The highest BCUT2D eigenvalue weighted by molar-refractivity contribution is 7.89. The molecule has 2 rings (SSSR count). The van der Waals surface area contributed by atoms with Crippen molar-refractivity contribution in [3.05, 3.63) is 29.8 Å². The van der Waals surface area contributed by atoms with Crippen molar-refractivity contribution in [3.63, 3.8) is 0 Å². The maximum absolute atomic E-state index is 12.4. The predicted octanol–water partition coefficient (Wildman–Crippen LogP) is 0.977. The van der Waals surface area contributed by atoms with E-state index in [1.165, 1.54) is 4.31 Å². The molecule has 0 aliphatic carbocycles. The standard InChI is InChI=1S/C14H21NO4S/c1-14(2,11-16)12-3-5-13(6-4-12)20(17,18)15-7-9-19-10-8-15/h3-6,16H,7-11H2,1-2H3. The Bertz CT molecular complexity index is 545. The summed E-state index contributed by atoms with van der Waals surface area (Å²) in [5.41, 5.74) is 0.544. The molecular formula is C14H21NO4S. The van der Waals surface area contributed by atoms with E-state index in [-0.39, 0.29) is 16.9 Å². The molecule has 0 radical (unpaired) electrons. The number of sulfonamides is 1. The molecule has 1 saturated heterocycles. The summed E-state index contributed by atoms with van der Waals surface area (Å²) in [6.07, 6.45) is 0. The van der Waals surface area contributed by atoms with E-state index in [1.807, 2.05) is 13.8 Å². The minimum Gasteiger partial charge on any atom is -0.395 e. The van der Waals surface area contributed by atoms with Crippen LogP contribution in [-0.4, -0.2) is 50.7 Å². The van der Waals surface area contributed by atoms with Crippen LogP contribution in [-0.2, 0) is 20.2 Å². The number of aliphatic hydroxyl groups is 1. The van der Waals surface area contributed by atoms with Gasteiger partial charge in [-0.05, 0) is 17.7 Å². The van der Waals surface area contributed by atoms with Crippen LogP contribution >= 0.6 is 0 Å². The fraction of sp³-hybridized carbons (Fsp3) is 0.571. The molecular weight excluding hydrogens is 278 g/mol. The molecule has 0 atom stereocenters. The second-order valence-electron chi connectivity index (χ2n) is 5.58. The maximum Gasteiger partial charge on any atom is 0.243 e. The highest BCUT2D eigenvalue weighted by Gasteiger charge is 2.27. The zero-order valence-electron chi connectivity index (χ0n) is 11.9. The van der Waals surface area contributed by atoms with Gasteiger partial charge in [0.1, 0.15) is 0 Å². The molecule has 5 nitrogen and oxygen atoms in total. The van der Waals surface area contributed by atoms with Crippen molar-refractivity contribution in [2.75, 3.05) is 32.9 Å². The molecule has 0 aromatic heterocycles. The number of rotatable bonds is 4. The van der Waals surface area contributed by atoms with Crippen molar-refractivity contribution in [2.24, 2.45) is 0 Å². The quantitative estimate of drug-likeness (QED) is 0.900. The highest BCUT2D eigenvalue weighted by atomic mass is 32.2. The molecule has 112 valence electrons. The first kappa shape index (κ1) is 15.4. The lowest BCUT2D eigenvalue weighted by Gasteiger charge is -2.27. The van der Waals surface area contributed by atoms with Gasteiger partial charge in [0.05, 0.1) is 24.7 Å². The number of benzene rings is 1. The van der Waals surface area contributed by atoms with Gasteiger partial charge in [0, 0.05) is 18.5 Å². The van der Waals surface area contributed by atoms with E-state index in [0.29, 0.717) is 26.3 Å². The Labute approximate surface area is 120 Å². The van der Waals surface area contributed by atoms with Crippen molar-refractivity contribution in [1.82, 2.24) is 4.31 Å². The Morgan fingerprint density at radius 2 is 1.75 bits per heavy atom. The normalized spacial score (nSPS) is 18.1. The van der Waals surface area contributed by atoms with Crippen molar-refractivity contribution in [1.29, 1.82) is 0 Å². The summed E-state index contributed by atoms with van der Waals surface area (Å²) < 4.78 is 31.5. The van der Waals surface area contributed by atoms with Gasteiger partial charge < -0.3 is 9.84 Å². The minimum absolute atomic E-state index is 0.0164. The lowest BCUT2D eigenvalue weighted by Crippen LogP contribution is -2.40. The third-order valence-corrected chi connectivity index (χ3v) is 5.55. The maximum atomic E-state index is 12.4. The van der Waals surface area contributed by atoms with Gasteiger partial charge in [-0.15, -0.1) is 0 Å². The van der Waals surface area contributed by atoms with Crippen molar-refractivity contribution in [2.45, 2.75) is 24.2 Å². The van der Waals surface area contributed by atoms with E-state index in [0.717, 1.165) is 5.56 Å². The Morgan fingerprint density at radius 1 is 1.20 bits per heavy atom. The molecule has 1 aliphatic heterocycles. The number of nitrogens with zero attached hydrogens (tertiary/aromatic N) is 1. The zero-order chi connectivity index (χ0) is 14.8. The van der Waals surface area contributed by atoms with Crippen LogP contribution in [0.4, 0.5) is 0 Å². The summed E-state index contributed by atoms with van der Waals surface area (Å²) in [6, 6.07) is 6.75. The van der Waals surface area contributed by atoms with Gasteiger partial charge in [0.15, 0.2) is 0 Å². The first-order valence-electron chi connectivity index (χ1n) is 6.67. The van der Waals surface area contributed by atoms with Crippen LogP contribution in [0.3, 0.4) is 0 Å². The van der Waals surface area contributed by atoms with E-state index in [2.05, 4.69) is 0 Å². The van der Waals surface area contributed by atoms with Gasteiger partial charge in [-0.3, -0.25) is 0 Å². The number of hydrogen-bond acceptors (Lipinski definition) is 4. The Morgan fingerprint density at radius 3 is 2.25 bits per heavy atom. The highest BCUT2D eigenvalue weighted by Crippen LogP contribution is 2.25. The number of morpholine rings is 1. The average molecular weight is 299 g/mol. The summed E-state index contributed by atoms with van der Waals surface area (Å²) in [5.74, 6) is 0. The monoisotopic (exact) mass is 299 g/mol. The number of hydrogen-bond donors (Lipinski definition) is 1. The first-order chi connectivity index (χ1) is 9.38. The van der Waals surface area contributed by atoms with Crippen LogP contribution < -0.4 is 0 Å². The van der Waals surface area contributed by atoms with Crippen LogP contribution in [0.25, 0.3) is 0 Å². The topological polar surface area (TPSA) is 66.8 Å². The molecule has 0 spiro atoms. The summed E-state index contributed by atoms with van der Waals surface area (Å²) >= 11 is 0. The van der Waals surface area contributed by atoms with Crippen LogP contribution in [0.2, 0.25) is 0 Å². The van der Waals surface area contributed by atoms with Gasteiger partial charge in [-0.25, -0.2) is 8.42 Å². The van der Waals surface area contributed by atoms with Crippen molar-refractivity contribution < 1.29 is 18.3 Å². The fourth-order valence-electron chi connectivity index (χ4n) is 2.11. The van der Waals surface area contributed by atoms with Gasteiger partial charge >= 0.3 is 0 Å². The smallest absolute Gasteiger partial charge is 0.243 e. The third-order valence-electron chi connectivity index (χ3n) is 3.64. The minimum atomic E-state index is -3.44. The second kappa shape index (κ2) is 5.81. The Kier molecular flexibility index (Phi) is 4.49. The number of ether oxygens (including phenoxy) is 1. The summed E-state index contributed by atoms with van der Waals surface area (Å²) in [4.78, 5) is 0.289.